The van der Waals surface area contributed by atoms with Crippen molar-refractivity contribution in [3.63, 3.8) is 0 Å². The van der Waals surface area contributed by atoms with E-state index in [1.54, 1.807) is 6.07 Å². The van der Waals surface area contributed by atoms with Gasteiger partial charge >= 0.3 is 6.03 Å². The van der Waals surface area contributed by atoms with Crippen LogP contribution in [0.3, 0.4) is 0 Å². The number of carbonyl (C=O) groups excluding carboxylic acids is 2. The van der Waals surface area contributed by atoms with E-state index in [9.17, 15) is 9.59 Å². The zero-order chi connectivity index (χ0) is 34.9. The van der Waals surface area contributed by atoms with Crippen LogP contribution in [0, 0.1) is 0 Å². The number of hydrogen-bond donors (Lipinski definition) is 3. The summed E-state index contributed by atoms with van der Waals surface area (Å²) in [6.07, 6.45) is 5.39. The maximum absolute atomic E-state index is 13.4. The largest absolute Gasteiger partial charge is 0.484 e. The van der Waals surface area contributed by atoms with Gasteiger partial charge in [-0.25, -0.2) is 9.78 Å². The fraction of sp³-hybridized carbons (Fsp3) is 0.486. The van der Waals surface area contributed by atoms with E-state index in [0.29, 0.717) is 30.9 Å². The third-order valence-electron chi connectivity index (χ3n) is 9.80. The molecule has 4 aromatic rings. The number of rotatable bonds is 9. The van der Waals surface area contributed by atoms with E-state index in [-0.39, 0.29) is 40.7 Å². The number of likely N-dealkylation sites (tertiary alicyclic amines) is 1. The first-order valence-corrected chi connectivity index (χ1v) is 17.2. The highest BCUT2D eigenvalue weighted by Gasteiger charge is 2.40. The summed E-state index contributed by atoms with van der Waals surface area (Å²) in [5, 5.41) is 18.1. The van der Waals surface area contributed by atoms with Crippen molar-refractivity contribution < 1.29 is 14.3 Å². The fourth-order valence-electron chi connectivity index (χ4n) is 6.79. The molecule has 3 atom stereocenters. The lowest BCUT2D eigenvalue weighted by atomic mass is 9.85. The highest BCUT2D eigenvalue weighted by molar-refractivity contribution is 5.95. The first-order valence-electron chi connectivity index (χ1n) is 17.2. The van der Waals surface area contributed by atoms with Crippen LogP contribution >= 0.6 is 0 Å². The summed E-state index contributed by atoms with van der Waals surface area (Å²) in [4.78, 5) is 35.4. The average molecular weight is 668 g/mol. The van der Waals surface area contributed by atoms with Crippen molar-refractivity contribution in [3.05, 3.63) is 83.1 Å². The lowest BCUT2D eigenvalue weighted by Gasteiger charge is -2.32. The van der Waals surface area contributed by atoms with Gasteiger partial charge in [-0.1, -0.05) is 45.0 Å². The number of pyridine rings is 2. The van der Waals surface area contributed by atoms with Crippen LogP contribution in [0.15, 0.2) is 54.7 Å². The highest BCUT2D eigenvalue weighted by Crippen LogP contribution is 2.40. The molecule has 0 unspecified atom stereocenters. The Morgan fingerprint density at radius 3 is 2.55 bits per heavy atom. The number of likely N-dealkylation sites (N-methyl/N-ethyl adjacent to an activating group) is 1. The zero-order valence-electron chi connectivity index (χ0n) is 29.7. The van der Waals surface area contributed by atoms with Crippen molar-refractivity contribution >= 4 is 23.3 Å². The molecule has 3 amide bonds. The molecule has 0 radical (unpaired) electrons. The van der Waals surface area contributed by atoms with E-state index in [1.165, 1.54) is 0 Å². The van der Waals surface area contributed by atoms with Gasteiger partial charge in [0.05, 0.1) is 17.8 Å². The van der Waals surface area contributed by atoms with Gasteiger partial charge in [0.25, 0.3) is 5.91 Å². The van der Waals surface area contributed by atoms with Gasteiger partial charge in [0.2, 0.25) is 0 Å². The van der Waals surface area contributed by atoms with Crippen LogP contribution in [0.25, 0.3) is 5.65 Å². The van der Waals surface area contributed by atoms with Gasteiger partial charge in [-0.05, 0) is 95.7 Å². The topological polar surface area (TPSA) is 129 Å². The van der Waals surface area contributed by atoms with E-state index in [2.05, 4.69) is 60.5 Å². The minimum Gasteiger partial charge on any atom is -0.484 e. The molecule has 2 aliphatic rings. The number of carbonyl (C=O) groups is 2. The molecule has 0 spiro atoms. The third kappa shape index (κ3) is 7.40. The van der Waals surface area contributed by atoms with E-state index < -0.39 is 0 Å². The second kappa shape index (κ2) is 13.8. The minimum atomic E-state index is -0.347. The van der Waals surface area contributed by atoms with Crippen LogP contribution in [0.1, 0.15) is 98.7 Å². The van der Waals surface area contributed by atoms with Crippen LogP contribution < -0.4 is 20.7 Å². The zero-order valence-corrected chi connectivity index (χ0v) is 29.7. The number of nitrogens with zero attached hydrogens (tertiary/aromatic N) is 6. The summed E-state index contributed by atoms with van der Waals surface area (Å²) in [6, 6.07) is 14.9. The Labute approximate surface area is 288 Å². The number of urea groups is 1. The highest BCUT2D eigenvalue weighted by atomic mass is 16.5. The number of fused-ring (bicyclic) bond motifs is 2. The van der Waals surface area contributed by atoms with Gasteiger partial charge in [0, 0.05) is 29.9 Å². The third-order valence-corrected chi connectivity index (χ3v) is 9.80. The molecular weight excluding hydrogens is 618 g/mol. The maximum Gasteiger partial charge on any atom is 0.319 e. The van der Waals surface area contributed by atoms with Gasteiger partial charge in [-0.3, -0.25) is 14.1 Å². The van der Waals surface area contributed by atoms with Crippen LogP contribution in [0.4, 0.5) is 10.5 Å². The molecule has 1 saturated heterocycles. The van der Waals surface area contributed by atoms with Gasteiger partial charge < -0.3 is 25.6 Å². The lowest BCUT2D eigenvalue weighted by molar-refractivity contribution is 0.0945. The van der Waals surface area contributed by atoms with E-state index in [4.69, 9.17) is 4.74 Å². The molecule has 12 nitrogen and oxygen atoms in total. The van der Waals surface area contributed by atoms with Crippen LogP contribution in [0.2, 0.25) is 0 Å². The molecule has 0 bridgehead atoms. The summed E-state index contributed by atoms with van der Waals surface area (Å²) >= 11 is 0. The smallest absolute Gasteiger partial charge is 0.319 e. The minimum absolute atomic E-state index is 0.178. The second-order valence-corrected chi connectivity index (χ2v) is 14.8. The number of benzene rings is 1. The molecule has 3 aromatic heterocycles. The monoisotopic (exact) mass is 667 g/mol. The van der Waals surface area contributed by atoms with Gasteiger partial charge in [0.15, 0.2) is 11.5 Å². The van der Waals surface area contributed by atoms with Gasteiger partial charge in [-0.15, -0.1) is 10.2 Å². The first kappa shape index (κ1) is 34.3. The predicted molar refractivity (Wildman–Crippen MR) is 190 cm³/mol. The van der Waals surface area contributed by atoms with Crippen molar-refractivity contribution in [2.24, 2.45) is 0 Å². The Morgan fingerprint density at radius 1 is 1.06 bits per heavy atom. The Balaban J connectivity index is 1.17. The summed E-state index contributed by atoms with van der Waals surface area (Å²) in [5.74, 6) is 1.40. The second-order valence-electron chi connectivity index (χ2n) is 14.8. The van der Waals surface area contributed by atoms with Gasteiger partial charge in [0.1, 0.15) is 17.5 Å². The van der Waals surface area contributed by atoms with Crippen molar-refractivity contribution in [2.75, 3.05) is 46.1 Å². The van der Waals surface area contributed by atoms with Gasteiger partial charge in [-0.2, -0.15) is 0 Å². The molecule has 1 fully saturated rings. The molecule has 260 valence electrons. The first-order chi connectivity index (χ1) is 23.3. The SMILES string of the molecule is CN(C)CCNC(=O)c1cc(NC(=O)N[C@H]2CC[C@@H](Oc3ccc4nnc([C@]5(C)CCCN5C)n4c3)c3ccccc32)cc(C(C)(C)C)n1. The normalized spacial score (nSPS) is 21.1. The molecule has 1 aliphatic carbocycles. The summed E-state index contributed by atoms with van der Waals surface area (Å²) in [7, 11) is 6.05. The molecule has 3 N–H and O–H groups in total. The lowest BCUT2D eigenvalue weighted by Crippen LogP contribution is -2.37. The summed E-state index contributed by atoms with van der Waals surface area (Å²) in [5.41, 5.74) is 3.85. The Kier molecular flexibility index (Phi) is 9.63. The number of anilines is 1. The predicted octanol–water partition coefficient (Wildman–Crippen LogP) is 5.43. The van der Waals surface area contributed by atoms with E-state index in [1.807, 2.05) is 82.4 Å². The molecule has 0 saturated carbocycles. The molecule has 12 heteroatoms. The molecule has 49 heavy (non-hydrogen) atoms. The van der Waals surface area contributed by atoms with Crippen molar-refractivity contribution in [2.45, 2.75) is 76.5 Å². The Hall–Kier alpha value is -4.55. The molecule has 6 rings (SSSR count). The average Bonchev–Trinajstić information content (AvgIpc) is 3.64. The Morgan fingerprint density at radius 2 is 1.84 bits per heavy atom. The molecule has 1 aromatic carbocycles. The Bertz CT molecular complexity index is 1830. The van der Waals surface area contributed by atoms with Crippen molar-refractivity contribution in [3.8, 4) is 5.75 Å². The summed E-state index contributed by atoms with van der Waals surface area (Å²) in [6.45, 7) is 10.6. The number of aromatic nitrogens is 4. The molecule has 4 heterocycles. The summed E-state index contributed by atoms with van der Waals surface area (Å²) < 4.78 is 8.70. The van der Waals surface area contributed by atoms with Crippen LogP contribution in [0.5, 0.6) is 5.75 Å². The standard InChI is InChI=1S/C37H49N9O3/c1-36(2,3)31-22-24(21-29(40-31)33(47)38-18-20-44(5)6)39-35(48)41-28-14-15-30(27-12-9-8-11-26(27)28)49-25-13-16-32-42-43-34(46(32)23-25)37(4)17-10-19-45(37)7/h8-9,11-13,16,21-23,28,30H,10,14-15,17-20H2,1-7H3,(H,38,47)(H2,39,40,41,48)/t28-,30+,37-/m0/s1. The fourth-order valence-corrected chi connectivity index (χ4v) is 6.79. The van der Waals surface area contributed by atoms with E-state index in [0.717, 1.165) is 54.2 Å². The molecular formula is C37H49N9O3. The van der Waals surface area contributed by atoms with Crippen LogP contribution in [-0.2, 0) is 11.0 Å². The van der Waals surface area contributed by atoms with Crippen LogP contribution in [-0.4, -0.2) is 82.1 Å². The quantitative estimate of drug-likeness (QED) is 0.216. The van der Waals surface area contributed by atoms with Crippen molar-refractivity contribution in [1.29, 1.82) is 0 Å². The molecule has 1 aliphatic heterocycles. The number of amides is 3. The number of hydrogen-bond acceptors (Lipinski definition) is 8. The number of ether oxygens (including phenoxy) is 1. The maximum atomic E-state index is 13.4. The number of nitrogens with one attached hydrogen (secondary N) is 3. The van der Waals surface area contributed by atoms with Crippen molar-refractivity contribution in [1.82, 2.24) is 40.0 Å². The van der Waals surface area contributed by atoms with E-state index >= 15 is 0 Å².